The molecule has 2 aromatic carbocycles. The molecule has 192 valence electrons. The summed E-state index contributed by atoms with van der Waals surface area (Å²) >= 11 is 0. The van der Waals surface area contributed by atoms with Gasteiger partial charge in [0.05, 0.1) is 20.8 Å². The SMILES string of the molecule is COc1ccc(C[C@@]2(CCC(=O)N3CCN(Cc4cccc(C)c4)C(=O)C3)CCC(=O)N2)cc1OC. The highest BCUT2D eigenvalue weighted by Crippen LogP contribution is 2.33. The molecule has 0 aliphatic carbocycles. The molecule has 3 amide bonds. The number of piperazine rings is 1. The fraction of sp³-hybridized carbons (Fsp3) is 0.464. The summed E-state index contributed by atoms with van der Waals surface area (Å²) in [6, 6.07) is 13.9. The lowest BCUT2D eigenvalue weighted by Crippen LogP contribution is -2.52. The van der Waals surface area contributed by atoms with Gasteiger partial charge in [-0.05, 0) is 49.4 Å². The maximum atomic E-state index is 13.1. The Morgan fingerprint density at radius 2 is 1.83 bits per heavy atom. The molecular weight excluding hydrogens is 458 g/mol. The van der Waals surface area contributed by atoms with Gasteiger partial charge in [0.15, 0.2) is 11.5 Å². The number of rotatable bonds is 9. The Morgan fingerprint density at radius 3 is 2.50 bits per heavy atom. The summed E-state index contributed by atoms with van der Waals surface area (Å²) in [5.41, 5.74) is 2.76. The van der Waals surface area contributed by atoms with Gasteiger partial charge < -0.3 is 24.6 Å². The van der Waals surface area contributed by atoms with Crippen molar-refractivity contribution in [2.24, 2.45) is 0 Å². The lowest BCUT2D eigenvalue weighted by atomic mass is 9.84. The molecule has 0 aromatic heterocycles. The maximum absolute atomic E-state index is 13.1. The smallest absolute Gasteiger partial charge is 0.242 e. The Labute approximate surface area is 212 Å². The van der Waals surface area contributed by atoms with Crippen molar-refractivity contribution in [1.82, 2.24) is 15.1 Å². The van der Waals surface area contributed by atoms with Crippen LogP contribution in [-0.2, 0) is 27.3 Å². The van der Waals surface area contributed by atoms with Crippen LogP contribution in [0.3, 0.4) is 0 Å². The topological polar surface area (TPSA) is 88.2 Å². The van der Waals surface area contributed by atoms with Crippen LogP contribution in [-0.4, -0.2) is 66.9 Å². The van der Waals surface area contributed by atoms with Gasteiger partial charge in [-0.25, -0.2) is 0 Å². The van der Waals surface area contributed by atoms with Crippen LogP contribution in [0, 0.1) is 6.92 Å². The number of hydrogen-bond donors (Lipinski definition) is 1. The molecular formula is C28H35N3O5. The first kappa shape index (κ1) is 25.5. The van der Waals surface area contributed by atoms with E-state index in [9.17, 15) is 14.4 Å². The van der Waals surface area contributed by atoms with Gasteiger partial charge >= 0.3 is 0 Å². The molecule has 1 N–H and O–H groups in total. The number of amides is 3. The van der Waals surface area contributed by atoms with Crippen LogP contribution in [0.4, 0.5) is 0 Å². The van der Waals surface area contributed by atoms with E-state index < -0.39 is 5.54 Å². The Hall–Kier alpha value is -3.55. The number of methoxy groups -OCH3 is 2. The molecule has 0 unspecified atom stereocenters. The number of aryl methyl sites for hydroxylation is 1. The molecule has 0 saturated carbocycles. The van der Waals surface area contributed by atoms with E-state index in [1.54, 1.807) is 19.1 Å². The van der Waals surface area contributed by atoms with Crippen molar-refractivity contribution in [2.45, 2.75) is 51.1 Å². The fourth-order valence-corrected chi connectivity index (χ4v) is 5.19. The molecule has 2 aliphatic rings. The molecule has 36 heavy (non-hydrogen) atoms. The first-order chi connectivity index (χ1) is 17.3. The summed E-state index contributed by atoms with van der Waals surface area (Å²) in [7, 11) is 3.18. The molecule has 8 nitrogen and oxygen atoms in total. The number of carbonyl (C=O) groups is 3. The average Bonchev–Trinajstić information content (AvgIpc) is 3.24. The summed E-state index contributed by atoms with van der Waals surface area (Å²) in [6.45, 7) is 3.73. The first-order valence-electron chi connectivity index (χ1n) is 12.4. The van der Waals surface area contributed by atoms with E-state index in [1.807, 2.05) is 48.2 Å². The van der Waals surface area contributed by atoms with E-state index in [0.717, 1.165) is 16.7 Å². The second-order valence-electron chi connectivity index (χ2n) is 9.81. The van der Waals surface area contributed by atoms with Gasteiger partial charge in [-0.1, -0.05) is 35.9 Å². The predicted molar refractivity (Wildman–Crippen MR) is 136 cm³/mol. The zero-order valence-corrected chi connectivity index (χ0v) is 21.3. The van der Waals surface area contributed by atoms with Crippen LogP contribution in [0.5, 0.6) is 11.5 Å². The zero-order chi connectivity index (χ0) is 25.7. The Morgan fingerprint density at radius 1 is 1.03 bits per heavy atom. The molecule has 0 bridgehead atoms. The zero-order valence-electron chi connectivity index (χ0n) is 21.3. The van der Waals surface area contributed by atoms with Crippen LogP contribution in [0.1, 0.15) is 42.4 Å². The van der Waals surface area contributed by atoms with Crippen LogP contribution in [0.2, 0.25) is 0 Å². The minimum atomic E-state index is -0.497. The Balaban J connectivity index is 1.36. The molecule has 1 atom stereocenters. The number of carbonyl (C=O) groups excluding carboxylic acids is 3. The number of benzene rings is 2. The van der Waals surface area contributed by atoms with Gasteiger partial charge in [0.25, 0.3) is 0 Å². The van der Waals surface area contributed by atoms with E-state index >= 15 is 0 Å². The van der Waals surface area contributed by atoms with Gasteiger partial charge in [-0.15, -0.1) is 0 Å². The third kappa shape index (κ3) is 5.98. The third-order valence-electron chi connectivity index (χ3n) is 7.17. The summed E-state index contributed by atoms with van der Waals surface area (Å²) in [5.74, 6) is 1.19. The highest BCUT2D eigenvalue weighted by atomic mass is 16.5. The van der Waals surface area contributed by atoms with E-state index in [4.69, 9.17) is 9.47 Å². The predicted octanol–water partition coefficient (Wildman–Crippen LogP) is 2.85. The molecule has 2 fully saturated rings. The number of nitrogens with one attached hydrogen (secondary N) is 1. The number of nitrogens with zero attached hydrogens (tertiary/aromatic N) is 2. The van der Waals surface area contributed by atoms with E-state index in [0.29, 0.717) is 56.8 Å². The standard InChI is InChI=1S/C28H35N3O5/c1-20-5-4-6-22(15-20)18-30-13-14-31(19-27(30)34)26(33)10-12-28(11-9-25(32)29-28)17-21-7-8-23(35-2)24(16-21)36-3/h4-8,15-16H,9-14,17-19H2,1-3H3,(H,29,32)/t28-/m0/s1. The second kappa shape index (κ2) is 11.0. The molecule has 2 heterocycles. The van der Waals surface area contributed by atoms with Crippen LogP contribution in [0.25, 0.3) is 0 Å². The summed E-state index contributed by atoms with van der Waals surface area (Å²) in [5, 5.41) is 3.13. The molecule has 8 heteroatoms. The monoisotopic (exact) mass is 493 g/mol. The maximum Gasteiger partial charge on any atom is 0.242 e. The highest BCUT2D eigenvalue weighted by molar-refractivity contribution is 5.86. The lowest BCUT2D eigenvalue weighted by molar-refractivity contribution is -0.145. The Bertz CT molecular complexity index is 1130. The highest BCUT2D eigenvalue weighted by Gasteiger charge is 2.39. The minimum absolute atomic E-state index is 0.00265. The first-order valence-corrected chi connectivity index (χ1v) is 12.4. The molecule has 2 aromatic rings. The molecule has 4 rings (SSSR count). The van der Waals surface area contributed by atoms with Gasteiger partial charge in [0.2, 0.25) is 17.7 Å². The summed E-state index contributed by atoms with van der Waals surface area (Å²) < 4.78 is 10.8. The second-order valence-corrected chi connectivity index (χ2v) is 9.81. The molecule has 2 aliphatic heterocycles. The van der Waals surface area contributed by atoms with E-state index in [-0.39, 0.29) is 30.7 Å². The van der Waals surface area contributed by atoms with Crippen molar-refractivity contribution in [3.8, 4) is 11.5 Å². The number of hydrogen-bond acceptors (Lipinski definition) is 5. The summed E-state index contributed by atoms with van der Waals surface area (Å²) in [6.07, 6.45) is 2.49. The Kier molecular flexibility index (Phi) is 7.82. The molecule has 0 spiro atoms. The molecule has 0 radical (unpaired) electrons. The van der Waals surface area contributed by atoms with Gasteiger partial charge in [-0.2, -0.15) is 0 Å². The van der Waals surface area contributed by atoms with Crippen molar-refractivity contribution >= 4 is 17.7 Å². The van der Waals surface area contributed by atoms with Crippen molar-refractivity contribution < 1.29 is 23.9 Å². The lowest BCUT2D eigenvalue weighted by Gasteiger charge is -2.35. The van der Waals surface area contributed by atoms with Crippen molar-refractivity contribution in [1.29, 1.82) is 0 Å². The quantitative estimate of drug-likeness (QED) is 0.581. The summed E-state index contributed by atoms with van der Waals surface area (Å²) in [4.78, 5) is 41.5. The fourth-order valence-electron chi connectivity index (χ4n) is 5.19. The largest absolute Gasteiger partial charge is 0.493 e. The van der Waals surface area contributed by atoms with Gasteiger partial charge in [-0.3, -0.25) is 14.4 Å². The number of ether oxygens (including phenoxy) is 2. The van der Waals surface area contributed by atoms with Crippen LogP contribution < -0.4 is 14.8 Å². The normalized spacial score (nSPS) is 19.9. The van der Waals surface area contributed by atoms with Crippen molar-refractivity contribution in [3.63, 3.8) is 0 Å². The van der Waals surface area contributed by atoms with Crippen molar-refractivity contribution in [3.05, 3.63) is 59.2 Å². The molecule has 2 saturated heterocycles. The minimum Gasteiger partial charge on any atom is -0.493 e. The van der Waals surface area contributed by atoms with Crippen molar-refractivity contribution in [2.75, 3.05) is 33.9 Å². The van der Waals surface area contributed by atoms with Crippen LogP contribution >= 0.6 is 0 Å². The van der Waals surface area contributed by atoms with E-state index in [2.05, 4.69) is 11.4 Å². The van der Waals surface area contributed by atoms with Gasteiger partial charge in [0, 0.05) is 38.0 Å². The average molecular weight is 494 g/mol. The van der Waals surface area contributed by atoms with Gasteiger partial charge in [0.1, 0.15) is 0 Å². The van der Waals surface area contributed by atoms with Crippen LogP contribution in [0.15, 0.2) is 42.5 Å². The third-order valence-corrected chi connectivity index (χ3v) is 7.17. The van der Waals surface area contributed by atoms with E-state index in [1.165, 1.54) is 0 Å².